The van der Waals surface area contributed by atoms with Gasteiger partial charge in [-0.15, -0.1) is 0 Å². The molecule has 1 atom stereocenters. The third kappa shape index (κ3) is 3.11. The van der Waals surface area contributed by atoms with Gasteiger partial charge in [-0.1, -0.05) is 0 Å². The van der Waals surface area contributed by atoms with Crippen LogP contribution in [-0.2, 0) is 24.1 Å². The topological polar surface area (TPSA) is 70.7 Å². The van der Waals surface area contributed by atoms with Gasteiger partial charge in [-0.3, -0.25) is 4.79 Å². The molecular weight excluding hydrogens is 354 g/mol. The number of carboxylic acids is 1. The zero-order valence-electron chi connectivity index (χ0n) is 14.7. The lowest BCUT2D eigenvalue weighted by Crippen LogP contribution is -2.38. The van der Waals surface area contributed by atoms with Crippen LogP contribution >= 0.6 is 0 Å². The molecule has 0 amide bonds. The van der Waals surface area contributed by atoms with Crippen LogP contribution in [0.15, 0.2) is 30.7 Å². The Bertz CT molecular complexity index is 1020. The predicted molar refractivity (Wildman–Crippen MR) is 94.9 cm³/mol. The first-order valence-electron chi connectivity index (χ1n) is 8.66. The minimum absolute atomic E-state index is 0.0730. The molecule has 0 spiro atoms. The van der Waals surface area contributed by atoms with Crippen molar-refractivity contribution in [1.82, 2.24) is 14.4 Å². The molecule has 27 heavy (non-hydrogen) atoms. The number of hydrogen-bond acceptors (Lipinski definition) is 4. The highest BCUT2D eigenvalue weighted by Crippen LogP contribution is 2.33. The lowest BCUT2D eigenvalue weighted by molar-refractivity contribution is -0.136. The summed E-state index contributed by atoms with van der Waals surface area (Å²) in [5.41, 5.74) is 3.24. The third-order valence-electron chi connectivity index (χ3n) is 5.18. The number of fused-ring (bicyclic) bond motifs is 3. The summed E-state index contributed by atoms with van der Waals surface area (Å²) in [5, 5.41) is 9.27. The van der Waals surface area contributed by atoms with E-state index >= 15 is 0 Å². The number of pyridine rings is 1. The molecule has 6 nitrogen and oxygen atoms in total. The average molecular weight is 372 g/mol. The number of carbonyl (C=O) groups is 1. The minimum atomic E-state index is -0.937. The fourth-order valence-electron chi connectivity index (χ4n) is 3.90. The fraction of sp³-hybridized carbons (Fsp3) is 0.316. The summed E-state index contributed by atoms with van der Waals surface area (Å²) in [5.74, 6) is -1.38. The van der Waals surface area contributed by atoms with Gasteiger partial charge in [-0.25, -0.2) is 18.7 Å². The standard InChI is InChI=1S/C19H18F2N4O2/c1-24(19-22-9-12(21)10-23-19)13-2-3-14-15(8-18(26)27)16-6-11(20)4-5-25(16)17(14)7-13/h4-6,9-10,13H,2-3,7-8H2,1H3,(H,26,27). The molecule has 0 fully saturated rings. The van der Waals surface area contributed by atoms with Crippen molar-refractivity contribution < 1.29 is 18.7 Å². The second-order valence-corrected chi connectivity index (χ2v) is 6.78. The second kappa shape index (κ2) is 6.61. The Morgan fingerprint density at radius 2 is 2.07 bits per heavy atom. The number of aromatic nitrogens is 3. The van der Waals surface area contributed by atoms with Crippen LogP contribution in [0, 0.1) is 11.6 Å². The van der Waals surface area contributed by atoms with E-state index < -0.39 is 17.6 Å². The van der Waals surface area contributed by atoms with E-state index in [0.29, 0.717) is 29.9 Å². The first-order chi connectivity index (χ1) is 12.9. The van der Waals surface area contributed by atoms with Gasteiger partial charge >= 0.3 is 5.97 Å². The quantitative estimate of drug-likeness (QED) is 0.762. The molecule has 1 N–H and O–H groups in total. The summed E-state index contributed by atoms with van der Waals surface area (Å²) in [6, 6.07) is 2.83. The zero-order valence-corrected chi connectivity index (χ0v) is 14.7. The maximum Gasteiger partial charge on any atom is 0.307 e. The molecule has 3 aromatic heterocycles. The Kier molecular flexibility index (Phi) is 4.25. The number of anilines is 1. The summed E-state index contributed by atoms with van der Waals surface area (Å²) in [4.78, 5) is 21.3. The maximum absolute atomic E-state index is 13.8. The van der Waals surface area contributed by atoms with Crippen LogP contribution in [0.1, 0.15) is 23.2 Å². The molecule has 3 heterocycles. The van der Waals surface area contributed by atoms with Crippen molar-refractivity contribution in [2.75, 3.05) is 11.9 Å². The molecule has 0 radical (unpaired) electrons. The van der Waals surface area contributed by atoms with Crippen LogP contribution in [-0.4, -0.2) is 38.5 Å². The lowest BCUT2D eigenvalue weighted by Gasteiger charge is -2.31. The summed E-state index contributed by atoms with van der Waals surface area (Å²) < 4.78 is 28.7. The third-order valence-corrected chi connectivity index (χ3v) is 5.18. The summed E-state index contributed by atoms with van der Waals surface area (Å²) in [6.45, 7) is 0. The molecule has 0 saturated carbocycles. The van der Waals surface area contributed by atoms with Gasteiger partial charge < -0.3 is 14.4 Å². The number of hydrogen-bond donors (Lipinski definition) is 1. The summed E-state index contributed by atoms with van der Waals surface area (Å²) >= 11 is 0. The van der Waals surface area contributed by atoms with Gasteiger partial charge in [0.2, 0.25) is 5.95 Å². The van der Waals surface area contributed by atoms with E-state index in [1.165, 1.54) is 12.1 Å². The van der Waals surface area contributed by atoms with E-state index in [2.05, 4.69) is 9.97 Å². The van der Waals surface area contributed by atoms with Gasteiger partial charge in [0.25, 0.3) is 0 Å². The highest BCUT2D eigenvalue weighted by molar-refractivity contribution is 5.77. The Morgan fingerprint density at radius 3 is 2.78 bits per heavy atom. The molecule has 4 rings (SSSR count). The average Bonchev–Trinajstić information content (AvgIpc) is 2.94. The van der Waals surface area contributed by atoms with E-state index in [9.17, 15) is 18.7 Å². The van der Waals surface area contributed by atoms with Crippen molar-refractivity contribution in [3.8, 4) is 0 Å². The first kappa shape index (κ1) is 17.4. The van der Waals surface area contributed by atoms with Crippen LogP contribution in [0.2, 0.25) is 0 Å². The van der Waals surface area contributed by atoms with Gasteiger partial charge in [0.15, 0.2) is 5.82 Å². The number of likely N-dealkylation sites (N-methyl/N-ethyl adjacent to an activating group) is 1. The SMILES string of the molecule is CN(c1ncc(F)cn1)C1CCc2c(CC(=O)O)c3cc(F)ccn3c2C1. The van der Waals surface area contributed by atoms with Crippen molar-refractivity contribution >= 4 is 17.4 Å². The molecular formula is C19H18F2N4O2. The van der Waals surface area contributed by atoms with Gasteiger partial charge in [-0.2, -0.15) is 0 Å². The van der Waals surface area contributed by atoms with Crippen LogP contribution in [0.25, 0.3) is 5.52 Å². The zero-order chi connectivity index (χ0) is 19.1. The minimum Gasteiger partial charge on any atom is -0.481 e. The number of rotatable bonds is 4. The Labute approximate surface area is 154 Å². The maximum atomic E-state index is 13.8. The molecule has 1 unspecified atom stereocenters. The largest absolute Gasteiger partial charge is 0.481 e. The van der Waals surface area contributed by atoms with Crippen molar-refractivity contribution in [2.24, 2.45) is 0 Å². The van der Waals surface area contributed by atoms with Gasteiger partial charge in [0, 0.05) is 31.4 Å². The first-order valence-corrected chi connectivity index (χ1v) is 8.66. The lowest BCUT2D eigenvalue weighted by atomic mass is 9.89. The van der Waals surface area contributed by atoms with Crippen LogP contribution < -0.4 is 4.90 Å². The molecule has 3 aromatic rings. The molecule has 1 aliphatic carbocycles. The molecule has 140 valence electrons. The van der Waals surface area contributed by atoms with E-state index in [1.807, 2.05) is 16.3 Å². The van der Waals surface area contributed by atoms with Gasteiger partial charge in [-0.05, 0) is 36.1 Å². The summed E-state index contributed by atoms with van der Waals surface area (Å²) in [6.07, 6.45) is 5.86. The number of aliphatic carboxylic acids is 1. The van der Waals surface area contributed by atoms with E-state index in [4.69, 9.17) is 0 Å². The molecule has 1 aliphatic rings. The molecule has 0 saturated heterocycles. The van der Waals surface area contributed by atoms with Crippen molar-refractivity contribution in [2.45, 2.75) is 31.7 Å². The van der Waals surface area contributed by atoms with Crippen molar-refractivity contribution in [1.29, 1.82) is 0 Å². The molecule has 0 bridgehead atoms. The van der Waals surface area contributed by atoms with Crippen LogP contribution in [0.3, 0.4) is 0 Å². The van der Waals surface area contributed by atoms with E-state index in [1.54, 1.807) is 6.20 Å². The Hall–Kier alpha value is -3.03. The number of halogens is 2. The van der Waals surface area contributed by atoms with Crippen LogP contribution in [0.4, 0.5) is 14.7 Å². The highest BCUT2D eigenvalue weighted by Gasteiger charge is 2.29. The predicted octanol–water partition coefficient (Wildman–Crippen LogP) is 2.63. The van der Waals surface area contributed by atoms with Gasteiger partial charge in [0.1, 0.15) is 5.82 Å². The monoisotopic (exact) mass is 372 g/mol. The number of nitrogens with zero attached hydrogens (tertiary/aromatic N) is 4. The van der Waals surface area contributed by atoms with Crippen molar-refractivity contribution in [3.05, 3.63) is 59.2 Å². The van der Waals surface area contributed by atoms with E-state index in [-0.39, 0.29) is 12.5 Å². The molecule has 0 aromatic carbocycles. The van der Waals surface area contributed by atoms with Crippen molar-refractivity contribution in [3.63, 3.8) is 0 Å². The van der Waals surface area contributed by atoms with Crippen LogP contribution in [0.5, 0.6) is 0 Å². The Morgan fingerprint density at radius 1 is 1.33 bits per heavy atom. The second-order valence-electron chi connectivity index (χ2n) is 6.78. The normalized spacial score (nSPS) is 16.3. The smallest absolute Gasteiger partial charge is 0.307 e. The molecule has 8 heteroatoms. The summed E-state index contributed by atoms with van der Waals surface area (Å²) in [7, 11) is 1.86. The highest BCUT2D eigenvalue weighted by atomic mass is 19.1. The van der Waals surface area contributed by atoms with Gasteiger partial charge in [0.05, 0.1) is 24.3 Å². The Balaban J connectivity index is 1.72. The molecule has 0 aliphatic heterocycles. The number of carboxylic acid groups (broad SMARTS) is 1. The fourth-order valence-corrected chi connectivity index (χ4v) is 3.90. The van der Waals surface area contributed by atoms with E-state index in [0.717, 1.165) is 30.1 Å².